The molecule has 1 amide bonds. The third kappa shape index (κ3) is 2.04. The van der Waals surface area contributed by atoms with Gasteiger partial charge in [-0.15, -0.1) is 0 Å². The number of rotatable bonds is 1. The van der Waals surface area contributed by atoms with E-state index in [4.69, 9.17) is 5.73 Å². The van der Waals surface area contributed by atoms with Crippen molar-refractivity contribution >= 4 is 45.0 Å². The quantitative estimate of drug-likeness (QED) is 0.398. The number of hydrogen-bond acceptors (Lipinski definition) is 3. The summed E-state index contributed by atoms with van der Waals surface area (Å²) in [6, 6.07) is 9.68. The Kier molecular flexibility index (Phi) is 2.96. The standard InChI is InChI=1S/C13H11N5OS/c14-13(20)18-17-12(19)11-10-8(5-6-15-11)7-3-1-2-4-9(7)16-10/h1-6,16H,(H,17,19)(H3,14,18,20). The highest BCUT2D eigenvalue weighted by atomic mass is 32.1. The molecule has 20 heavy (non-hydrogen) atoms. The van der Waals surface area contributed by atoms with Crippen LogP contribution >= 0.6 is 12.2 Å². The van der Waals surface area contributed by atoms with Crippen molar-refractivity contribution in [2.45, 2.75) is 0 Å². The molecule has 1 aromatic carbocycles. The Morgan fingerprint density at radius 3 is 2.80 bits per heavy atom. The number of hydrogen-bond donors (Lipinski definition) is 4. The molecule has 0 radical (unpaired) electrons. The van der Waals surface area contributed by atoms with E-state index in [2.05, 4.69) is 33.0 Å². The lowest BCUT2D eigenvalue weighted by atomic mass is 10.1. The van der Waals surface area contributed by atoms with Crippen molar-refractivity contribution in [2.24, 2.45) is 5.73 Å². The third-order valence-corrected chi connectivity index (χ3v) is 3.04. The maximum absolute atomic E-state index is 12.1. The number of amides is 1. The SMILES string of the molecule is NC(=S)NNC(=O)c1nccc2c1[nH]c1ccccc12. The number of H-pyrrole nitrogens is 1. The molecule has 0 unspecified atom stereocenters. The van der Waals surface area contributed by atoms with Gasteiger partial charge in [0.15, 0.2) is 10.8 Å². The fourth-order valence-corrected chi connectivity index (χ4v) is 2.18. The average Bonchev–Trinajstić information content (AvgIpc) is 2.83. The molecule has 0 spiro atoms. The van der Waals surface area contributed by atoms with E-state index in [-0.39, 0.29) is 10.8 Å². The number of nitrogens with two attached hydrogens (primary N) is 1. The summed E-state index contributed by atoms with van der Waals surface area (Å²) < 4.78 is 0. The lowest BCUT2D eigenvalue weighted by Gasteiger charge is -2.06. The predicted octanol–water partition coefficient (Wildman–Crippen LogP) is 1.19. The second kappa shape index (κ2) is 4.78. The van der Waals surface area contributed by atoms with E-state index in [0.717, 1.165) is 16.3 Å². The van der Waals surface area contributed by atoms with E-state index in [1.807, 2.05) is 30.3 Å². The monoisotopic (exact) mass is 285 g/mol. The second-order valence-corrected chi connectivity index (χ2v) is 4.64. The van der Waals surface area contributed by atoms with Gasteiger partial charge in [0.05, 0.1) is 5.52 Å². The summed E-state index contributed by atoms with van der Waals surface area (Å²) in [5.41, 5.74) is 12.0. The molecule has 0 atom stereocenters. The number of carbonyl (C=O) groups excluding carboxylic acids is 1. The third-order valence-electron chi connectivity index (χ3n) is 2.94. The first kappa shape index (κ1) is 12.4. The van der Waals surface area contributed by atoms with E-state index in [9.17, 15) is 4.79 Å². The molecular weight excluding hydrogens is 274 g/mol. The van der Waals surface area contributed by atoms with Crippen LogP contribution in [0.5, 0.6) is 0 Å². The number of nitrogens with zero attached hydrogens (tertiary/aromatic N) is 1. The number of carbonyl (C=O) groups is 1. The van der Waals surface area contributed by atoms with Crippen molar-refractivity contribution < 1.29 is 4.79 Å². The summed E-state index contributed by atoms with van der Waals surface area (Å²) in [5, 5.41) is 1.97. The Balaban J connectivity index is 2.12. The molecule has 0 saturated carbocycles. The summed E-state index contributed by atoms with van der Waals surface area (Å²) in [7, 11) is 0. The maximum atomic E-state index is 12.1. The van der Waals surface area contributed by atoms with Gasteiger partial charge in [0.1, 0.15) is 0 Å². The Bertz CT molecular complexity index is 826. The zero-order valence-corrected chi connectivity index (χ0v) is 11.1. The number of para-hydroxylation sites is 1. The molecule has 6 nitrogen and oxygen atoms in total. The second-order valence-electron chi connectivity index (χ2n) is 4.20. The van der Waals surface area contributed by atoms with Crippen molar-refractivity contribution in [3.05, 3.63) is 42.2 Å². The number of thiocarbonyl (C=S) groups is 1. The van der Waals surface area contributed by atoms with Crippen LogP contribution in [0.3, 0.4) is 0 Å². The first-order valence-electron chi connectivity index (χ1n) is 5.88. The van der Waals surface area contributed by atoms with E-state index in [1.54, 1.807) is 6.20 Å². The van der Waals surface area contributed by atoms with Gasteiger partial charge in [-0.25, -0.2) is 4.98 Å². The summed E-state index contributed by atoms with van der Waals surface area (Å²) >= 11 is 4.64. The van der Waals surface area contributed by atoms with Gasteiger partial charge < -0.3 is 10.7 Å². The van der Waals surface area contributed by atoms with Gasteiger partial charge in [-0.05, 0) is 24.4 Å². The summed E-state index contributed by atoms with van der Waals surface area (Å²) in [6.45, 7) is 0. The molecule has 2 heterocycles. The number of aromatic nitrogens is 2. The molecule has 3 rings (SSSR count). The van der Waals surface area contributed by atoms with Crippen LogP contribution in [-0.4, -0.2) is 21.0 Å². The fourth-order valence-electron chi connectivity index (χ4n) is 2.12. The Hall–Kier alpha value is -2.67. The molecule has 5 N–H and O–H groups in total. The highest BCUT2D eigenvalue weighted by molar-refractivity contribution is 7.80. The zero-order valence-electron chi connectivity index (χ0n) is 10.3. The number of hydrazine groups is 1. The van der Waals surface area contributed by atoms with Crippen LogP contribution in [0.15, 0.2) is 36.5 Å². The Labute approximate surface area is 119 Å². The molecule has 3 aromatic rings. The lowest BCUT2D eigenvalue weighted by molar-refractivity contribution is 0.0940. The number of fused-ring (bicyclic) bond motifs is 3. The maximum Gasteiger partial charge on any atom is 0.290 e. The van der Waals surface area contributed by atoms with Crippen LogP contribution in [0.2, 0.25) is 0 Å². The molecule has 0 saturated heterocycles. The van der Waals surface area contributed by atoms with Crippen molar-refractivity contribution in [3.63, 3.8) is 0 Å². The molecular formula is C13H11N5OS. The van der Waals surface area contributed by atoms with Gasteiger partial charge in [-0.3, -0.25) is 15.6 Å². The molecule has 0 bridgehead atoms. The molecule has 0 aliphatic carbocycles. The van der Waals surface area contributed by atoms with Gasteiger partial charge in [-0.1, -0.05) is 18.2 Å². The first-order chi connectivity index (χ1) is 9.66. The predicted molar refractivity (Wildman–Crippen MR) is 81.0 cm³/mol. The topological polar surface area (TPSA) is 95.8 Å². The fraction of sp³-hybridized carbons (Fsp3) is 0. The Morgan fingerprint density at radius 1 is 1.20 bits per heavy atom. The normalized spacial score (nSPS) is 10.6. The van der Waals surface area contributed by atoms with E-state index >= 15 is 0 Å². The van der Waals surface area contributed by atoms with Gasteiger partial charge in [0.2, 0.25) is 0 Å². The van der Waals surface area contributed by atoms with Crippen LogP contribution in [0.4, 0.5) is 0 Å². The number of benzene rings is 1. The molecule has 2 aromatic heterocycles. The minimum atomic E-state index is -0.407. The van der Waals surface area contributed by atoms with E-state index in [1.165, 1.54) is 0 Å². The smallest absolute Gasteiger partial charge is 0.290 e. The molecule has 100 valence electrons. The minimum absolute atomic E-state index is 0.0119. The first-order valence-corrected chi connectivity index (χ1v) is 6.29. The largest absolute Gasteiger partial charge is 0.375 e. The van der Waals surface area contributed by atoms with Crippen LogP contribution in [0, 0.1) is 0 Å². The van der Waals surface area contributed by atoms with Crippen molar-refractivity contribution in [2.75, 3.05) is 0 Å². The van der Waals surface area contributed by atoms with Gasteiger partial charge in [-0.2, -0.15) is 0 Å². The van der Waals surface area contributed by atoms with E-state index < -0.39 is 5.91 Å². The summed E-state index contributed by atoms with van der Waals surface area (Å²) in [4.78, 5) is 19.4. The van der Waals surface area contributed by atoms with Crippen LogP contribution in [0.1, 0.15) is 10.5 Å². The molecule has 0 aliphatic heterocycles. The van der Waals surface area contributed by atoms with Crippen molar-refractivity contribution in [1.29, 1.82) is 0 Å². The minimum Gasteiger partial charge on any atom is -0.375 e. The zero-order chi connectivity index (χ0) is 14.1. The summed E-state index contributed by atoms with van der Waals surface area (Å²) in [5.74, 6) is -0.407. The van der Waals surface area contributed by atoms with Crippen molar-refractivity contribution in [1.82, 2.24) is 20.8 Å². The highest BCUT2D eigenvalue weighted by Crippen LogP contribution is 2.26. The van der Waals surface area contributed by atoms with E-state index in [0.29, 0.717) is 5.52 Å². The number of pyridine rings is 1. The van der Waals surface area contributed by atoms with Crippen LogP contribution < -0.4 is 16.6 Å². The lowest BCUT2D eigenvalue weighted by Crippen LogP contribution is -2.44. The van der Waals surface area contributed by atoms with Crippen LogP contribution in [-0.2, 0) is 0 Å². The average molecular weight is 285 g/mol. The Morgan fingerprint density at radius 2 is 2.00 bits per heavy atom. The highest BCUT2D eigenvalue weighted by Gasteiger charge is 2.14. The van der Waals surface area contributed by atoms with Crippen LogP contribution in [0.25, 0.3) is 21.8 Å². The molecule has 0 aliphatic rings. The number of nitrogens with one attached hydrogen (secondary N) is 3. The number of aromatic amines is 1. The molecule has 0 fully saturated rings. The van der Waals surface area contributed by atoms with Gasteiger partial charge in [0.25, 0.3) is 5.91 Å². The van der Waals surface area contributed by atoms with Crippen molar-refractivity contribution in [3.8, 4) is 0 Å². The molecule has 7 heteroatoms. The summed E-state index contributed by atoms with van der Waals surface area (Å²) in [6.07, 6.45) is 1.60. The van der Waals surface area contributed by atoms with Gasteiger partial charge >= 0.3 is 0 Å². The van der Waals surface area contributed by atoms with Gasteiger partial charge in [0, 0.05) is 22.5 Å².